The van der Waals surface area contributed by atoms with Crippen molar-refractivity contribution in [3.63, 3.8) is 0 Å². The van der Waals surface area contributed by atoms with Gasteiger partial charge in [0.15, 0.2) is 0 Å². The van der Waals surface area contributed by atoms with Gasteiger partial charge >= 0.3 is 5.97 Å². The van der Waals surface area contributed by atoms with Gasteiger partial charge in [0.1, 0.15) is 0 Å². The summed E-state index contributed by atoms with van der Waals surface area (Å²) < 4.78 is 10.6. The molecule has 0 amide bonds. The molecular formula is C14H27NO3. The number of carbonyl (C=O) groups is 1. The molecule has 0 aromatic rings. The second kappa shape index (κ2) is 8.48. The zero-order valence-electron chi connectivity index (χ0n) is 11.9. The van der Waals surface area contributed by atoms with Crippen LogP contribution in [0.5, 0.6) is 0 Å². The summed E-state index contributed by atoms with van der Waals surface area (Å²) in [7, 11) is 0. The number of rotatable bonds is 7. The maximum Gasteiger partial charge on any atom is 0.308 e. The smallest absolute Gasteiger partial charge is 0.308 e. The molecule has 0 aromatic carbocycles. The van der Waals surface area contributed by atoms with Crippen molar-refractivity contribution in [1.82, 2.24) is 5.32 Å². The highest BCUT2D eigenvalue weighted by Crippen LogP contribution is 2.25. The first-order valence-corrected chi connectivity index (χ1v) is 7.15. The van der Waals surface area contributed by atoms with E-state index in [0.29, 0.717) is 12.6 Å². The Morgan fingerprint density at radius 2 is 2.17 bits per heavy atom. The summed E-state index contributed by atoms with van der Waals surface area (Å²) in [6.07, 6.45) is 4.41. The van der Waals surface area contributed by atoms with E-state index in [9.17, 15) is 4.79 Å². The van der Waals surface area contributed by atoms with Crippen LogP contribution in [0, 0.1) is 5.92 Å². The minimum absolute atomic E-state index is 0.0255. The van der Waals surface area contributed by atoms with Crippen LogP contribution in [-0.2, 0) is 14.3 Å². The van der Waals surface area contributed by atoms with E-state index < -0.39 is 0 Å². The number of ether oxygens (including phenoxy) is 2. The zero-order valence-corrected chi connectivity index (χ0v) is 11.9. The number of carbonyl (C=O) groups excluding carboxylic acids is 1. The van der Waals surface area contributed by atoms with E-state index in [1.807, 2.05) is 20.8 Å². The van der Waals surface area contributed by atoms with Gasteiger partial charge in [-0.25, -0.2) is 0 Å². The molecule has 2 atom stereocenters. The highest BCUT2D eigenvalue weighted by molar-refractivity contribution is 5.72. The fourth-order valence-corrected chi connectivity index (χ4v) is 2.41. The Bertz CT molecular complexity index is 243. The molecule has 0 radical (unpaired) electrons. The maximum absolute atomic E-state index is 11.7. The van der Waals surface area contributed by atoms with Crippen molar-refractivity contribution in [2.45, 2.75) is 58.6 Å². The van der Waals surface area contributed by atoms with Crippen molar-refractivity contribution < 1.29 is 14.3 Å². The molecule has 1 aliphatic rings. The number of nitrogens with one attached hydrogen (secondary N) is 1. The molecule has 0 aromatic heterocycles. The quantitative estimate of drug-likeness (QED) is 0.560. The molecule has 1 fully saturated rings. The summed E-state index contributed by atoms with van der Waals surface area (Å²) in [5, 5.41) is 3.47. The van der Waals surface area contributed by atoms with Crippen molar-refractivity contribution in [2.24, 2.45) is 5.92 Å². The van der Waals surface area contributed by atoms with Crippen LogP contribution in [0.15, 0.2) is 0 Å². The van der Waals surface area contributed by atoms with E-state index in [1.54, 1.807) is 0 Å². The van der Waals surface area contributed by atoms with Crippen LogP contribution in [0.25, 0.3) is 0 Å². The molecule has 0 aliphatic heterocycles. The van der Waals surface area contributed by atoms with Crippen LogP contribution in [0.3, 0.4) is 0 Å². The summed E-state index contributed by atoms with van der Waals surface area (Å²) >= 11 is 0. The summed E-state index contributed by atoms with van der Waals surface area (Å²) in [5.41, 5.74) is 0. The average molecular weight is 257 g/mol. The number of esters is 1. The van der Waals surface area contributed by atoms with Gasteiger partial charge in [-0.3, -0.25) is 4.79 Å². The first-order valence-electron chi connectivity index (χ1n) is 7.15. The minimum Gasteiger partial charge on any atom is -0.466 e. The Kier molecular flexibility index (Phi) is 7.28. The van der Waals surface area contributed by atoms with E-state index in [0.717, 1.165) is 38.8 Å². The van der Waals surface area contributed by atoms with Crippen molar-refractivity contribution in [1.29, 1.82) is 0 Å². The van der Waals surface area contributed by atoms with Gasteiger partial charge in [0.05, 0.1) is 25.2 Å². The molecule has 106 valence electrons. The van der Waals surface area contributed by atoms with Crippen LogP contribution >= 0.6 is 0 Å². The Morgan fingerprint density at radius 3 is 2.83 bits per heavy atom. The van der Waals surface area contributed by atoms with Gasteiger partial charge in [0.25, 0.3) is 0 Å². The fraction of sp³-hybridized carbons (Fsp3) is 0.929. The third kappa shape index (κ3) is 5.83. The van der Waals surface area contributed by atoms with Gasteiger partial charge in [-0.05, 0) is 40.0 Å². The van der Waals surface area contributed by atoms with Crippen molar-refractivity contribution in [2.75, 3.05) is 19.8 Å². The topological polar surface area (TPSA) is 47.6 Å². The largest absolute Gasteiger partial charge is 0.466 e. The second-order valence-electron chi connectivity index (χ2n) is 5.19. The first-order chi connectivity index (χ1) is 8.63. The molecule has 1 rings (SSSR count). The Labute approximate surface area is 110 Å². The average Bonchev–Trinajstić information content (AvgIpc) is 2.35. The molecular weight excluding hydrogens is 230 g/mol. The summed E-state index contributed by atoms with van der Waals surface area (Å²) in [5.74, 6) is 0.0599. The van der Waals surface area contributed by atoms with E-state index in [2.05, 4.69) is 5.32 Å². The molecule has 1 N–H and O–H groups in total. The van der Waals surface area contributed by atoms with Gasteiger partial charge < -0.3 is 14.8 Å². The Morgan fingerprint density at radius 1 is 1.39 bits per heavy atom. The second-order valence-corrected chi connectivity index (χ2v) is 5.19. The lowest BCUT2D eigenvalue weighted by Gasteiger charge is -2.28. The SMILES string of the molecule is CCOC(=O)C1CCCC(NCCOC(C)C)C1. The molecule has 4 nitrogen and oxygen atoms in total. The van der Waals surface area contributed by atoms with Crippen molar-refractivity contribution >= 4 is 5.97 Å². The standard InChI is InChI=1S/C14H27NO3/c1-4-17-14(16)12-6-5-7-13(10-12)15-8-9-18-11(2)3/h11-13,15H,4-10H2,1-3H3. The van der Waals surface area contributed by atoms with Crippen molar-refractivity contribution in [3.8, 4) is 0 Å². The van der Waals surface area contributed by atoms with Crippen LogP contribution in [0.2, 0.25) is 0 Å². The third-order valence-corrected chi connectivity index (χ3v) is 3.28. The Balaban J connectivity index is 2.20. The van der Waals surface area contributed by atoms with Crippen LogP contribution in [0.4, 0.5) is 0 Å². The van der Waals surface area contributed by atoms with Crippen LogP contribution in [0.1, 0.15) is 46.5 Å². The third-order valence-electron chi connectivity index (χ3n) is 3.28. The highest BCUT2D eigenvalue weighted by Gasteiger charge is 2.27. The summed E-state index contributed by atoms with van der Waals surface area (Å²) in [4.78, 5) is 11.7. The van der Waals surface area contributed by atoms with Gasteiger partial charge in [-0.1, -0.05) is 6.42 Å². The van der Waals surface area contributed by atoms with Gasteiger partial charge in [0.2, 0.25) is 0 Å². The van der Waals surface area contributed by atoms with Gasteiger partial charge in [0, 0.05) is 12.6 Å². The number of hydrogen-bond donors (Lipinski definition) is 1. The van der Waals surface area contributed by atoms with E-state index >= 15 is 0 Å². The summed E-state index contributed by atoms with van der Waals surface area (Å²) in [6, 6.07) is 0.434. The lowest BCUT2D eigenvalue weighted by atomic mass is 9.86. The Hall–Kier alpha value is -0.610. The van der Waals surface area contributed by atoms with E-state index in [4.69, 9.17) is 9.47 Å². The molecule has 0 saturated heterocycles. The normalized spacial score (nSPS) is 24.2. The molecule has 0 bridgehead atoms. The number of hydrogen-bond acceptors (Lipinski definition) is 4. The van der Waals surface area contributed by atoms with Crippen LogP contribution < -0.4 is 5.32 Å². The fourth-order valence-electron chi connectivity index (χ4n) is 2.41. The van der Waals surface area contributed by atoms with E-state index in [-0.39, 0.29) is 18.0 Å². The molecule has 0 spiro atoms. The predicted octanol–water partition coefficient (Wildman–Crippen LogP) is 2.12. The molecule has 18 heavy (non-hydrogen) atoms. The predicted molar refractivity (Wildman–Crippen MR) is 71.5 cm³/mol. The lowest BCUT2D eigenvalue weighted by Crippen LogP contribution is -2.38. The van der Waals surface area contributed by atoms with Gasteiger partial charge in [-0.15, -0.1) is 0 Å². The molecule has 0 heterocycles. The monoisotopic (exact) mass is 257 g/mol. The maximum atomic E-state index is 11.7. The molecule has 4 heteroatoms. The van der Waals surface area contributed by atoms with Gasteiger partial charge in [-0.2, -0.15) is 0 Å². The van der Waals surface area contributed by atoms with E-state index in [1.165, 1.54) is 0 Å². The lowest BCUT2D eigenvalue weighted by molar-refractivity contribution is -0.149. The minimum atomic E-state index is -0.0255. The van der Waals surface area contributed by atoms with Crippen LogP contribution in [-0.4, -0.2) is 37.9 Å². The molecule has 2 unspecified atom stereocenters. The molecule has 1 saturated carbocycles. The zero-order chi connectivity index (χ0) is 13.4. The highest BCUT2D eigenvalue weighted by atomic mass is 16.5. The molecule has 1 aliphatic carbocycles. The summed E-state index contributed by atoms with van der Waals surface area (Å²) in [6.45, 7) is 8.01. The first kappa shape index (κ1) is 15.4. The van der Waals surface area contributed by atoms with Crippen molar-refractivity contribution in [3.05, 3.63) is 0 Å².